The molecule has 0 spiro atoms. The Hall–Kier alpha value is -1.06. The molecule has 0 bridgehead atoms. The normalized spacial score (nSPS) is 13.1. The lowest BCUT2D eigenvalue weighted by Crippen LogP contribution is -2.28. The van der Waals surface area contributed by atoms with E-state index < -0.39 is 6.10 Å². The van der Waals surface area contributed by atoms with Crippen molar-refractivity contribution in [3.8, 4) is 5.75 Å². The van der Waals surface area contributed by atoms with Crippen LogP contribution in [-0.4, -0.2) is 34.7 Å². The van der Waals surface area contributed by atoms with Gasteiger partial charge in [-0.3, -0.25) is 0 Å². The Bertz CT molecular complexity index is 280. The molecular weight excluding hydrogens is 190 g/mol. The maximum Gasteiger partial charge on any atom is 0.115 e. The molecule has 0 fully saturated rings. The summed E-state index contributed by atoms with van der Waals surface area (Å²) in [6, 6.07) is 6.70. The molecule has 2 N–H and O–H groups in total. The topological polar surface area (TPSA) is 43.7 Å². The summed E-state index contributed by atoms with van der Waals surface area (Å²) in [5.74, 6) is 0.230. The second-order valence-electron chi connectivity index (χ2n) is 3.59. The SMILES string of the molecule is CCN(CC)CC(O)c1ccc(O)cc1. The van der Waals surface area contributed by atoms with Gasteiger partial charge in [0.2, 0.25) is 0 Å². The number of aliphatic hydroxyl groups is 1. The minimum Gasteiger partial charge on any atom is -0.508 e. The van der Waals surface area contributed by atoms with E-state index in [0.29, 0.717) is 6.54 Å². The Kier molecular flexibility index (Phi) is 4.59. The Morgan fingerprint density at radius 3 is 2.13 bits per heavy atom. The highest BCUT2D eigenvalue weighted by molar-refractivity contribution is 5.27. The number of hydrogen-bond acceptors (Lipinski definition) is 3. The van der Waals surface area contributed by atoms with Gasteiger partial charge in [0.25, 0.3) is 0 Å². The summed E-state index contributed by atoms with van der Waals surface area (Å²) in [6.45, 7) is 6.66. The molecule has 15 heavy (non-hydrogen) atoms. The molecule has 1 rings (SSSR count). The third-order valence-corrected chi connectivity index (χ3v) is 2.60. The molecule has 0 radical (unpaired) electrons. The minimum atomic E-state index is -0.481. The molecule has 1 aromatic carbocycles. The van der Waals surface area contributed by atoms with Crippen molar-refractivity contribution in [1.29, 1.82) is 0 Å². The van der Waals surface area contributed by atoms with E-state index >= 15 is 0 Å². The van der Waals surface area contributed by atoms with E-state index in [1.165, 1.54) is 0 Å². The van der Waals surface area contributed by atoms with Gasteiger partial charge in [0.05, 0.1) is 6.10 Å². The van der Waals surface area contributed by atoms with Gasteiger partial charge in [-0.25, -0.2) is 0 Å². The molecule has 0 saturated carbocycles. The third kappa shape index (κ3) is 3.53. The van der Waals surface area contributed by atoms with E-state index in [4.69, 9.17) is 5.11 Å². The number of rotatable bonds is 5. The first-order chi connectivity index (χ1) is 7.17. The summed E-state index contributed by atoms with van der Waals surface area (Å²) in [4.78, 5) is 2.16. The Labute approximate surface area is 91.0 Å². The number of benzene rings is 1. The van der Waals surface area contributed by atoms with Crippen LogP contribution in [0.1, 0.15) is 25.5 Å². The maximum atomic E-state index is 9.92. The zero-order chi connectivity index (χ0) is 11.3. The van der Waals surface area contributed by atoms with E-state index in [9.17, 15) is 5.11 Å². The summed E-state index contributed by atoms with van der Waals surface area (Å²) in [5, 5.41) is 19.0. The maximum absolute atomic E-state index is 9.92. The smallest absolute Gasteiger partial charge is 0.115 e. The number of nitrogens with zero attached hydrogens (tertiary/aromatic N) is 1. The van der Waals surface area contributed by atoms with Gasteiger partial charge in [0, 0.05) is 6.54 Å². The van der Waals surface area contributed by atoms with Crippen LogP contribution in [0, 0.1) is 0 Å². The van der Waals surface area contributed by atoms with E-state index in [0.717, 1.165) is 18.7 Å². The van der Waals surface area contributed by atoms with Crippen molar-refractivity contribution >= 4 is 0 Å². The van der Waals surface area contributed by atoms with E-state index in [1.54, 1.807) is 24.3 Å². The lowest BCUT2D eigenvalue weighted by Gasteiger charge is -2.22. The summed E-state index contributed by atoms with van der Waals surface area (Å²) >= 11 is 0. The molecule has 1 aromatic rings. The lowest BCUT2D eigenvalue weighted by atomic mass is 10.1. The molecule has 84 valence electrons. The summed E-state index contributed by atoms with van der Waals surface area (Å²) in [7, 11) is 0. The average molecular weight is 209 g/mol. The molecule has 0 aliphatic carbocycles. The largest absolute Gasteiger partial charge is 0.508 e. The van der Waals surface area contributed by atoms with Crippen molar-refractivity contribution in [2.75, 3.05) is 19.6 Å². The molecular formula is C12H19NO2. The molecule has 3 heteroatoms. The third-order valence-electron chi connectivity index (χ3n) is 2.60. The highest BCUT2D eigenvalue weighted by Crippen LogP contribution is 2.17. The number of hydrogen-bond donors (Lipinski definition) is 2. The first-order valence-electron chi connectivity index (χ1n) is 5.36. The van der Waals surface area contributed by atoms with Gasteiger partial charge in [0.15, 0.2) is 0 Å². The van der Waals surface area contributed by atoms with Gasteiger partial charge >= 0.3 is 0 Å². The summed E-state index contributed by atoms with van der Waals surface area (Å²) in [6.07, 6.45) is -0.481. The highest BCUT2D eigenvalue weighted by Gasteiger charge is 2.10. The predicted molar refractivity (Wildman–Crippen MR) is 60.9 cm³/mol. The monoisotopic (exact) mass is 209 g/mol. The van der Waals surface area contributed by atoms with Crippen LogP contribution in [0.4, 0.5) is 0 Å². The van der Waals surface area contributed by atoms with Gasteiger partial charge in [-0.15, -0.1) is 0 Å². The molecule has 0 aromatic heterocycles. The number of likely N-dealkylation sites (N-methyl/N-ethyl adjacent to an activating group) is 1. The molecule has 3 nitrogen and oxygen atoms in total. The zero-order valence-electron chi connectivity index (χ0n) is 9.35. The molecule has 1 unspecified atom stereocenters. The molecule has 1 atom stereocenters. The lowest BCUT2D eigenvalue weighted by molar-refractivity contribution is 0.119. The van der Waals surface area contributed by atoms with Crippen LogP contribution in [0.2, 0.25) is 0 Å². The molecule has 0 heterocycles. The van der Waals surface area contributed by atoms with Crippen LogP contribution < -0.4 is 0 Å². The van der Waals surface area contributed by atoms with Gasteiger partial charge in [-0.1, -0.05) is 26.0 Å². The minimum absolute atomic E-state index is 0.230. The van der Waals surface area contributed by atoms with Crippen molar-refractivity contribution in [2.45, 2.75) is 20.0 Å². The van der Waals surface area contributed by atoms with Crippen molar-refractivity contribution in [3.63, 3.8) is 0 Å². The van der Waals surface area contributed by atoms with Crippen molar-refractivity contribution < 1.29 is 10.2 Å². The quantitative estimate of drug-likeness (QED) is 0.776. The summed E-state index contributed by atoms with van der Waals surface area (Å²) in [5.41, 5.74) is 0.847. The van der Waals surface area contributed by atoms with Crippen LogP contribution in [0.25, 0.3) is 0 Å². The van der Waals surface area contributed by atoms with Gasteiger partial charge in [-0.05, 0) is 30.8 Å². The second-order valence-corrected chi connectivity index (χ2v) is 3.59. The number of phenols is 1. The second kappa shape index (κ2) is 5.73. The predicted octanol–water partition coefficient (Wildman–Crippen LogP) is 1.77. The highest BCUT2D eigenvalue weighted by atomic mass is 16.3. The van der Waals surface area contributed by atoms with Crippen LogP contribution >= 0.6 is 0 Å². The average Bonchev–Trinajstić information content (AvgIpc) is 2.26. The van der Waals surface area contributed by atoms with Crippen LogP contribution in [-0.2, 0) is 0 Å². The Morgan fingerprint density at radius 2 is 1.67 bits per heavy atom. The molecule has 0 amide bonds. The fourth-order valence-corrected chi connectivity index (χ4v) is 1.53. The zero-order valence-corrected chi connectivity index (χ0v) is 9.35. The van der Waals surface area contributed by atoms with E-state index in [-0.39, 0.29) is 5.75 Å². The summed E-state index contributed by atoms with van der Waals surface area (Å²) < 4.78 is 0. The molecule has 0 saturated heterocycles. The molecule has 0 aliphatic heterocycles. The number of aromatic hydroxyl groups is 1. The van der Waals surface area contributed by atoms with E-state index in [1.807, 2.05) is 0 Å². The standard InChI is InChI=1S/C12H19NO2/c1-3-13(4-2)9-12(15)10-5-7-11(14)8-6-10/h5-8,12,14-15H,3-4,9H2,1-2H3. The van der Waals surface area contributed by atoms with Gasteiger partial charge in [-0.2, -0.15) is 0 Å². The fraction of sp³-hybridized carbons (Fsp3) is 0.500. The molecule has 0 aliphatic rings. The number of phenolic OH excluding ortho intramolecular Hbond substituents is 1. The number of aliphatic hydroxyl groups excluding tert-OH is 1. The van der Waals surface area contributed by atoms with Crippen LogP contribution in [0.15, 0.2) is 24.3 Å². The Balaban J connectivity index is 2.60. The Morgan fingerprint density at radius 1 is 1.13 bits per heavy atom. The van der Waals surface area contributed by atoms with Crippen molar-refractivity contribution in [2.24, 2.45) is 0 Å². The van der Waals surface area contributed by atoms with Gasteiger partial charge in [0.1, 0.15) is 5.75 Å². The first kappa shape index (κ1) is 12.0. The van der Waals surface area contributed by atoms with Gasteiger partial charge < -0.3 is 15.1 Å². The van der Waals surface area contributed by atoms with Crippen molar-refractivity contribution in [3.05, 3.63) is 29.8 Å². The first-order valence-corrected chi connectivity index (χ1v) is 5.36. The van der Waals surface area contributed by atoms with Crippen molar-refractivity contribution in [1.82, 2.24) is 4.90 Å². The van der Waals surface area contributed by atoms with E-state index in [2.05, 4.69) is 18.7 Å². The van der Waals surface area contributed by atoms with Crippen LogP contribution in [0.5, 0.6) is 5.75 Å². The van der Waals surface area contributed by atoms with Crippen LogP contribution in [0.3, 0.4) is 0 Å². The fourth-order valence-electron chi connectivity index (χ4n) is 1.53.